The molecule has 0 saturated heterocycles. The number of benzene rings is 4. The van der Waals surface area contributed by atoms with Crippen molar-refractivity contribution in [3.05, 3.63) is 167 Å². The molecule has 40 heavy (non-hydrogen) atoms. The first-order valence-corrected chi connectivity index (χ1v) is 13.9. The Kier molecular flexibility index (Phi) is 9.13. The van der Waals surface area contributed by atoms with E-state index < -0.39 is 0 Å². The summed E-state index contributed by atoms with van der Waals surface area (Å²) < 4.78 is 0. The Morgan fingerprint density at radius 3 is 1.85 bits per heavy atom. The molecule has 0 spiro atoms. The summed E-state index contributed by atoms with van der Waals surface area (Å²) in [6, 6.07) is 42.9. The van der Waals surface area contributed by atoms with Crippen LogP contribution in [0.1, 0.15) is 22.3 Å². The first-order chi connectivity index (χ1) is 19.7. The molecule has 0 radical (unpaired) electrons. The normalized spacial score (nSPS) is 15.9. The quantitative estimate of drug-likeness (QED) is 0.116. The van der Waals surface area contributed by atoms with Crippen LogP contribution in [0.4, 0.5) is 0 Å². The van der Waals surface area contributed by atoms with Crippen LogP contribution >= 0.6 is 0 Å². The van der Waals surface area contributed by atoms with Crippen LogP contribution in [0.5, 0.6) is 0 Å². The highest BCUT2D eigenvalue weighted by Crippen LogP contribution is 2.44. The predicted octanol–water partition coefficient (Wildman–Crippen LogP) is 8.58. The lowest BCUT2D eigenvalue weighted by atomic mass is 9.80. The molecule has 1 unspecified atom stereocenters. The van der Waals surface area contributed by atoms with Crippen molar-refractivity contribution in [2.75, 3.05) is 27.2 Å². The van der Waals surface area contributed by atoms with Crippen molar-refractivity contribution >= 4 is 29.0 Å². The lowest BCUT2D eigenvalue weighted by molar-refractivity contribution is 0.420. The maximum Gasteiger partial charge on any atom is 0.0513 e. The molecule has 2 nitrogen and oxygen atoms in total. The van der Waals surface area contributed by atoms with Crippen molar-refractivity contribution in [1.82, 2.24) is 4.90 Å². The summed E-state index contributed by atoms with van der Waals surface area (Å²) in [5, 5.41) is 0. The van der Waals surface area contributed by atoms with Gasteiger partial charge in [0.2, 0.25) is 0 Å². The van der Waals surface area contributed by atoms with Gasteiger partial charge in [-0.05, 0) is 64.7 Å². The molecule has 0 bridgehead atoms. The summed E-state index contributed by atoms with van der Waals surface area (Å²) in [7, 11) is 4.17. The second kappa shape index (κ2) is 13.5. The van der Waals surface area contributed by atoms with Crippen molar-refractivity contribution in [2.24, 2.45) is 10.9 Å². The Labute approximate surface area is 239 Å². The zero-order valence-electron chi connectivity index (χ0n) is 23.3. The molecule has 1 aliphatic carbocycles. The van der Waals surface area contributed by atoms with Crippen LogP contribution in [0, 0.1) is 5.92 Å². The Hall–Kier alpha value is -4.53. The molecule has 0 amide bonds. The molecule has 1 atom stereocenters. The molecule has 0 aromatic heterocycles. The molecular formula is C38H36N2. The molecule has 5 rings (SSSR count). The summed E-state index contributed by atoms with van der Waals surface area (Å²) in [6.45, 7) is 1.71. The Morgan fingerprint density at radius 2 is 1.25 bits per heavy atom. The van der Waals surface area contributed by atoms with E-state index in [4.69, 9.17) is 4.99 Å². The Morgan fingerprint density at radius 1 is 0.700 bits per heavy atom. The highest BCUT2D eigenvalue weighted by Gasteiger charge is 2.25. The minimum Gasteiger partial charge on any atom is -0.308 e. The predicted molar refractivity (Wildman–Crippen MR) is 173 cm³/mol. The van der Waals surface area contributed by atoms with Gasteiger partial charge >= 0.3 is 0 Å². The van der Waals surface area contributed by atoms with Crippen LogP contribution in [-0.2, 0) is 0 Å². The Bertz CT molecular complexity index is 1520. The molecule has 1 aliphatic rings. The largest absolute Gasteiger partial charge is 0.308 e. The SMILES string of the molecule is CN(C)CCN=CC1C=CC=C1/C(=C(/C(=C/c1ccccc1)c1ccccc1)c1ccccc1)c1ccccc1. The first kappa shape index (κ1) is 27.1. The van der Waals surface area contributed by atoms with Crippen molar-refractivity contribution in [3.63, 3.8) is 0 Å². The molecule has 0 heterocycles. The third-order valence-electron chi connectivity index (χ3n) is 7.02. The van der Waals surface area contributed by atoms with E-state index in [0.717, 1.165) is 13.1 Å². The average Bonchev–Trinajstić information content (AvgIpc) is 3.47. The molecule has 4 aromatic carbocycles. The lowest BCUT2D eigenvalue weighted by Crippen LogP contribution is -2.16. The summed E-state index contributed by atoms with van der Waals surface area (Å²) in [5.41, 5.74) is 9.61. The fourth-order valence-electron chi connectivity index (χ4n) is 5.05. The number of nitrogens with zero attached hydrogens (tertiary/aromatic N) is 2. The van der Waals surface area contributed by atoms with Gasteiger partial charge in [-0.1, -0.05) is 140 Å². The zero-order valence-corrected chi connectivity index (χ0v) is 23.3. The van der Waals surface area contributed by atoms with Gasteiger partial charge in [-0.15, -0.1) is 0 Å². The van der Waals surface area contributed by atoms with E-state index in [2.05, 4.69) is 171 Å². The second-order valence-electron chi connectivity index (χ2n) is 10.2. The number of likely N-dealkylation sites (N-methyl/N-ethyl adjacent to an activating group) is 1. The van der Waals surface area contributed by atoms with Gasteiger partial charge in [0, 0.05) is 18.7 Å². The van der Waals surface area contributed by atoms with Gasteiger partial charge in [0.15, 0.2) is 0 Å². The van der Waals surface area contributed by atoms with Gasteiger partial charge in [-0.2, -0.15) is 0 Å². The highest BCUT2D eigenvalue weighted by molar-refractivity contribution is 6.22. The highest BCUT2D eigenvalue weighted by atomic mass is 15.1. The van der Waals surface area contributed by atoms with E-state index in [1.807, 2.05) is 0 Å². The maximum absolute atomic E-state index is 4.83. The van der Waals surface area contributed by atoms with Gasteiger partial charge in [0.25, 0.3) is 0 Å². The zero-order chi connectivity index (χ0) is 27.6. The average molecular weight is 521 g/mol. The van der Waals surface area contributed by atoms with Gasteiger partial charge < -0.3 is 4.90 Å². The topological polar surface area (TPSA) is 15.6 Å². The smallest absolute Gasteiger partial charge is 0.0513 e. The van der Waals surface area contributed by atoms with E-state index >= 15 is 0 Å². The maximum atomic E-state index is 4.83. The number of hydrogen-bond donors (Lipinski definition) is 0. The number of allylic oxidation sites excluding steroid dienone is 7. The third-order valence-corrected chi connectivity index (χ3v) is 7.02. The molecule has 0 N–H and O–H groups in total. The summed E-state index contributed by atoms with van der Waals surface area (Å²) in [6.07, 6.45) is 11.1. The molecule has 0 fully saturated rings. The van der Waals surface area contributed by atoms with E-state index in [1.54, 1.807) is 0 Å². The van der Waals surface area contributed by atoms with Crippen LogP contribution in [-0.4, -0.2) is 38.3 Å². The third kappa shape index (κ3) is 6.72. The van der Waals surface area contributed by atoms with E-state index in [0.29, 0.717) is 0 Å². The van der Waals surface area contributed by atoms with Crippen molar-refractivity contribution in [2.45, 2.75) is 0 Å². The molecule has 2 heteroatoms. The van der Waals surface area contributed by atoms with Crippen molar-refractivity contribution in [1.29, 1.82) is 0 Å². The van der Waals surface area contributed by atoms with Crippen LogP contribution in [0.2, 0.25) is 0 Å². The van der Waals surface area contributed by atoms with Crippen molar-refractivity contribution < 1.29 is 0 Å². The monoisotopic (exact) mass is 520 g/mol. The summed E-state index contributed by atoms with van der Waals surface area (Å²) in [5.74, 6) is 0.102. The van der Waals surface area contributed by atoms with Crippen molar-refractivity contribution in [3.8, 4) is 0 Å². The number of hydrogen-bond acceptors (Lipinski definition) is 2. The minimum absolute atomic E-state index is 0.102. The molecule has 4 aromatic rings. The summed E-state index contributed by atoms with van der Waals surface area (Å²) in [4.78, 5) is 7.00. The molecule has 0 aliphatic heterocycles. The fourth-order valence-corrected chi connectivity index (χ4v) is 5.05. The van der Waals surface area contributed by atoms with Crippen LogP contribution in [0.15, 0.2) is 150 Å². The van der Waals surface area contributed by atoms with Gasteiger partial charge in [0.1, 0.15) is 0 Å². The van der Waals surface area contributed by atoms with E-state index in [-0.39, 0.29) is 5.92 Å². The van der Waals surface area contributed by atoms with Crippen LogP contribution in [0.3, 0.4) is 0 Å². The molecular weight excluding hydrogens is 484 g/mol. The van der Waals surface area contributed by atoms with Gasteiger partial charge in [0.05, 0.1) is 6.54 Å². The summed E-state index contributed by atoms with van der Waals surface area (Å²) >= 11 is 0. The van der Waals surface area contributed by atoms with Crippen LogP contribution < -0.4 is 0 Å². The fraction of sp³-hybridized carbons (Fsp3) is 0.132. The molecule has 198 valence electrons. The van der Waals surface area contributed by atoms with Gasteiger partial charge in [-0.3, -0.25) is 4.99 Å². The van der Waals surface area contributed by atoms with E-state index in [1.165, 1.54) is 44.5 Å². The second-order valence-corrected chi connectivity index (χ2v) is 10.2. The lowest BCUT2D eigenvalue weighted by Gasteiger charge is -2.23. The van der Waals surface area contributed by atoms with E-state index in [9.17, 15) is 0 Å². The standard InChI is InChI=1S/C38H36N2/c1-40(2)27-26-39-29-34-24-15-25-35(34)37(32-20-11-5-12-21-32)38(33-22-13-6-14-23-33)36(31-18-9-4-10-19-31)28-30-16-7-3-8-17-30/h3-25,28-29,34H,26-27H2,1-2H3/b36-28+,38-37+,39-29?. The minimum atomic E-state index is 0.102. The number of rotatable bonds is 10. The first-order valence-electron chi connectivity index (χ1n) is 13.9. The van der Waals surface area contributed by atoms with Crippen LogP contribution in [0.25, 0.3) is 22.8 Å². The Balaban J connectivity index is 1.78. The number of aliphatic imine (C=N–C) groups is 1. The van der Waals surface area contributed by atoms with Gasteiger partial charge in [-0.25, -0.2) is 0 Å². The molecule has 0 saturated carbocycles.